The smallest absolute Gasteiger partial charge is 0.0900 e. The summed E-state index contributed by atoms with van der Waals surface area (Å²) in [6, 6.07) is 28.0. The monoisotopic (exact) mass is 529 g/mol. The van der Waals surface area contributed by atoms with Crippen LogP contribution in [0.25, 0.3) is 28.1 Å². The van der Waals surface area contributed by atoms with Gasteiger partial charge in [0.05, 0.1) is 40.0 Å². The lowest BCUT2D eigenvalue weighted by molar-refractivity contribution is 0.312. The van der Waals surface area contributed by atoms with Crippen LogP contribution in [0.4, 0.5) is 11.4 Å². The van der Waals surface area contributed by atoms with E-state index in [-0.39, 0.29) is 0 Å². The van der Waals surface area contributed by atoms with Gasteiger partial charge in [-0.05, 0) is 85.9 Å². The molecule has 1 heterocycles. The molecule has 188 valence electrons. The summed E-state index contributed by atoms with van der Waals surface area (Å²) in [4.78, 5) is 12.4. The molecule has 3 aromatic rings. The van der Waals surface area contributed by atoms with Gasteiger partial charge < -0.3 is 14.8 Å². The summed E-state index contributed by atoms with van der Waals surface area (Å²) in [5, 5.41) is 5.83. The molecule has 0 spiro atoms. The highest BCUT2D eigenvalue weighted by molar-refractivity contribution is 6.30. The molecule has 0 bridgehead atoms. The summed E-state index contributed by atoms with van der Waals surface area (Å²) in [7, 11) is 0. The van der Waals surface area contributed by atoms with E-state index in [1.807, 2.05) is 66.7 Å². The number of likely N-dealkylation sites (N-methyl/N-ethyl adjacent to an activating group) is 1. The fraction of sp³-hybridized carbons (Fsp3) is 0.200. The Morgan fingerprint density at radius 3 is 2.24 bits per heavy atom. The van der Waals surface area contributed by atoms with E-state index in [9.17, 15) is 0 Å². The van der Waals surface area contributed by atoms with Crippen molar-refractivity contribution in [3.05, 3.63) is 100 Å². The van der Waals surface area contributed by atoms with Gasteiger partial charge in [0.1, 0.15) is 0 Å². The van der Waals surface area contributed by atoms with E-state index in [1.165, 1.54) is 0 Å². The van der Waals surface area contributed by atoms with Gasteiger partial charge >= 0.3 is 0 Å². The molecule has 1 aliphatic heterocycles. The quantitative estimate of drug-likeness (QED) is 0.212. The van der Waals surface area contributed by atoms with Crippen molar-refractivity contribution in [2.24, 2.45) is 4.99 Å². The van der Waals surface area contributed by atoms with Crippen molar-refractivity contribution in [2.75, 3.05) is 31.5 Å². The number of nitrogens with one attached hydrogen (secondary N) is 1. The van der Waals surface area contributed by atoms with Crippen LogP contribution >= 0.6 is 23.2 Å². The maximum atomic E-state index is 6.22. The molecule has 0 unspecified atom stereocenters. The third kappa shape index (κ3) is 5.64. The van der Waals surface area contributed by atoms with E-state index < -0.39 is 0 Å². The molecule has 0 saturated carbocycles. The summed E-state index contributed by atoms with van der Waals surface area (Å²) >= 11 is 12.3. The van der Waals surface area contributed by atoms with Gasteiger partial charge in [-0.1, -0.05) is 49.2 Å². The molecule has 0 amide bonds. The summed E-state index contributed by atoms with van der Waals surface area (Å²) in [5.41, 5.74) is 6.63. The molecule has 0 radical (unpaired) electrons. The Kier molecular flexibility index (Phi) is 7.75. The number of aromatic nitrogens is 2. The maximum Gasteiger partial charge on any atom is 0.0900 e. The van der Waals surface area contributed by atoms with E-state index in [0.717, 1.165) is 64.5 Å². The number of hydrogen-bond donors (Lipinski definition) is 1. The van der Waals surface area contributed by atoms with Gasteiger partial charge in [0.15, 0.2) is 0 Å². The van der Waals surface area contributed by atoms with Crippen LogP contribution < -0.4 is 10.7 Å². The van der Waals surface area contributed by atoms with Crippen molar-refractivity contribution >= 4 is 45.6 Å². The third-order valence-corrected chi connectivity index (χ3v) is 7.00. The molecule has 5 rings (SSSR count). The number of halogens is 2. The average molecular weight is 531 g/mol. The predicted molar refractivity (Wildman–Crippen MR) is 156 cm³/mol. The van der Waals surface area contributed by atoms with E-state index in [0.29, 0.717) is 16.6 Å². The molecular formula is C30H29Cl2N5. The van der Waals surface area contributed by atoms with Crippen molar-refractivity contribution in [3.63, 3.8) is 0 Å². The summed E-state index contributed by atoms with van der Waals surface area (Å²) in [6.45, 7) is 7.97. The topological polar surface area (TPSA) is 45.5 Å². The van der Waals surface area contributed by atoms with Crippen LogP contribution in [0.5, 0.6) is 0 Å². The molecule has 3 aromatic carbocycles. The molecule has 1 aliphatic carbocycles. The number of anilines is 2. The normalized spacial score (nSPS) is 12.1. The van der Waals surface area contributed by atoms with Gasteiger partial charge in [-0.3, -0.25) is 4.99 Å². The molecule has 0 atom stereocenters. The summed E-state index contributed by atoms with van der Waals surface area (Å²) < 4.78 is 2.23. The SMILES string of the molecule is CCN(CC)CCN=c1cc2n(-c3ccc(Cl)cc3)c3ccccc3nc-2cc1Nc1ccc(Cl)cc1. The third-order valence-electron chi connectivity index (χ3n) is 6.50. The number of benzene rings is 4. The molecular weight excluding hydrogens is 501 g/mol. The van der Waals surface area contributed by atoms with E-state index in [2.05, 4.69) is 46.8 Å². The first-order valence-corrected chi connectivity index (χ1v) is 13.3. The van der Waals surface area contributed by atoms with Crippen molar-refractivity contribution in [1.82, 2.24) is 14.5 Å². The number of fused-ring (bicyclic) bond motifs is 2. The van der Waals surface area contributed by atoms with Gasteiger partial charge in [0, 0.05) is 28.0 Å². The molecule has 2 aliphatic rings. The second-order valence-electron chi connectivity index (χ2n) is 8.81. The zero-order chi connectivity index (χ0) is 25.8. The van der Waals surface area contributed by atoms with Crippen molar-refractivity contribution in [1.29, 1.82) is 0 Å². The highest BCUT2D eigenvalue weighted by Gasteiger charge is 2.16. The molecule has 37 heavy (non-hydrogen) atoms. The van der Waals surface area contributed by atoms with Crippen LogP contribution in [-0.4, -0.2) is 40.6 Å². The molecule has 7 heteroatoms. The number of hydrogen-bond acceptors (Lipinski definition) is 4. The van der Waals surface area contributed by atoms with Crippen LogP contribution in [0.3, 0.4) is 0 Å². The minimum absolute atomic E-state index is 0.699. The summed E-state index contributed by atoms with van der Waals surface area (Å²) in [6.07, 6.45) is 0. The number of rotatable bonds is 8. The Morgan fingerprint density at radius 2 is 1.54 bits per heavy atom. The Morgan fingerprint density at radius 1 is 0.865 bits per heavy atom. The van der Waals surface area contributed by atoms with Gasteiger partial charge in [0.2, 0.25) is 0 Å². The minimum Gasteiger partial charge on any atom is -0.354 e. The highest BCUT2D eigenvalue weighted by Crippen LogP contribution is 2.31. The maximum absolute atomic E-state index is 6.22. The zero-order valence-corrected chi connectivity index (χ0v) is 22.5. The van der Waals surface area contributed by atoms with Gasteiger partial charge in [-0.2, -0.15) is 0 Å². The van der Waals surface area contributed by atoms with Crippen LogP contribution in [0, 0.1) is 0 Å². The fourth-order valence-corrected chi connectivity index (χ4v) is 4.73. The first-order chi connectivity index (χ1) is 18.1. The van der Waals surface area contributed by atoms with Gasteiger partial charge in [-0.25, -0.2) is 4.98 Å². The van der Waals surface area contributed by atoms with Crippen molar-refractivity contribution < 1.29 is 0 Å². The van der Waals surface area contributed by atoms with Gasteiger partial charge in [-0.15, -0.1) is 0 Å². The van der Waals surface area contributed by atoms with Crippen LogP contribution in [0.1, 0.15) is 13.8 Å². The predicted octanol–water partition coefficient (Wildman–Crippen LogP) is 7.42. The lowest BCUT2D eigenvalue weighted by atomic mass is 10.1. The highest BCUT2D eigenvalue weighted by atomic mass is 35.5. The van der Waals surface area contributed by atoms with Gasteiger partial charge in [0.25, 0.3) is 0 Å². The van der Waals surface area contributed by atoms with Crippen molar-refractivity contribution in [2.45, 2.75) is 13.8 Å². The number of nitrogens with zero attached hydrogens (tertiary/aromatic N) is 4. The summed E-state index contributed by atoms with van der Waals surface area (Å²) in [5.74, 6) is 0. The molecule has 0 aromatic heterocycles. The van der Waals surface area contributed by atoms with E-state index in [4.69, 9.17) is 33.2 Å². The standard InChI is InChI=1S/C30H29Cl2N5/c1-3-36(4-2)18-17-33-26-20-30-28(19-27(26)34-23-13-9-21(31)10-14-23)35-25-7-5-6-8-29(25)37(30)24-15-11-22(32)12-16-24/h5-16,19-20,34H,3-4,17-18H2,1-2H3. The van der Waals surface area contributed by atoms with Crippen LogP contribution in [-0.2, 0) is 0 Å². The Hall–Kier alpha value is -3.38. The zero-order valence-electron chi connectivity index (χ0n) is 21.0. The molecule has 5 nitrogen and oxygen atoms in total. The number of para-hydroxylation sites is 2. The second kappa shape index (κ2) is 11.3. The van der Waals surface area contributed by atoms with E-state index >= 15 is 0 Å². The Labute approximate surface area is 227 Å². The first-order valence-electron chi connectivity index (χ1n) is 12.5. The van der Waals surface area contributed by atoms with Crippen LogP contribution in [0.2, 0.25) is 10.0 Å². The fourth-order valence-electron chi connectivity index (χ4n) is 4.48. The van der Waals surface area contributed by atoms with Crippen LogP contribution in [0.15, 0.2) is 89.9 Å². The largest absolute Gasteiger partial charge is 0.354 e. The van der Waals surface area contributed by atoms with E-state index in [1.54, 1.807) is 0 Å². The minimum atomic E-state index is 0.699. The average Bonchev–Trinajstić information content (AvgIpc) is 2.92. The molecule has 0 fully saturated rings. The second-order valence-corrected chi connectivity index (χ2v) is 9.68. The molecule has 0 saturated heterocycles. The first kappa shape index (κ1) is 25.3. The lowest BCUT2D eigenvalue weighted by Gasteiger charge is -2.20. The lowest BCUT2D eigenvalue weighted by Crippen LogP contribution is -2.26. The Bertz CT molecular complexity index is 1540. The van der Waals surface area contributed by atoms with Crippen molar-refractivity contribution in [3.8, 4) is 17.1 Å². The Balaban J connectivity index is 1.72. The molecule has 1 N–H and O–H groups in total.